The van der Waals surface area contributed by atoms with Gasteiger partial charge in [-0.25, -0.2) is 14.6 Å². The average Bonchev–Trinajstić information content (AvgIpc) is 3.43. The molecule has 0 unspecified atom stereocenters. The van der Waals surface area contributed by atoms with Gasteiger partial charge in [-0.15, -0.1) is 0 Å². The van der Waals surface area contributed by atoms with Gasteiger partial charge in [0.2, 0.25) is 0 Å². The van der Waals surface area contributed by atoms with Gasteiger partial charge >= 0.3 is 0 Å². The van der Waals surface area contributed by atoms with Gasteiger partial charge in [0.15, 0.2) is 5.82 Å². The van der Waals surface area contributed by atoms with Crippen molar-refractivity contribution >= 4 is 28.1 Å². The second-order valence-corrected chi connectivity index (χ2v) is 8.81. The van der Waals surface area contributed by atoms with Crippen molar-refractivity contribution in [3.05, 3.63) is 87.9 Å². The minimum atomic E-state index is 0.256. The molecule has 5 rings (SSSR count). The van der Waals surface area contributed by atoms with E-state index in [1.54, 1.807) is 13.4 Å². The van der Waals surface area contributed by atoms with Gasteiger partial charge in [-0.1, -0.05) is 46.3 Å². The molecule has 7 heteroatoms. The van der Waals surface area contributed by atoms with Crippen molar-refractivity contribution in [3.63, 3.8) is 0 Å². The number of methoxy groups -OCH3 is 1. The lowest BCUT2D eigenvalue weighted by Crippen LogP contribution is -2.18. The summed E-state index contributed by atoms with van der Waals surface area (Å²) >= 11 is 3.70. The lowest BCUT2D eigenvalue weighted by atomic mass is 9.91. The van der Waals surface area contributed by atoms with Crippen LogP contribution in [0.3, 0.4) is 0 Å². The number of hydrogen-bond donors (Lipinski definition) is 0. The number of nitrogens with zero attached hydrogens (tertiary/aromatic N) is 5. The molecule has 0 aliphatic carbocycles. The molecule has 0 amide bonds. The largest absolute Gasteiger partial charge is 0.495 e. The van der Waals surface area contributed by atoms with Crippen LogP contribution in [0.2, 0.25) is 0 Å². The predicted octanol–water partition coefficient (Wildman–Crippen LogP) is 5.64. The third-order valence-corrected chi connectivity index (χ3v) is 6.51. The summed E-state index contributed by atoms with van der Waals surface area (Å²) in [6.45, 7) is 2.88. The number of aromatic nitrogens is 5. The molecule has 2 aromatic heterocycles. The molecule has 4 aromatic rings. The zero-order valence-corrected chi connectivity index (χ0v) is 19.7. The highest BCUT2D eigenvalue weighted by atomic mass is 79.9. The molecule has 162 valence electrons. The van der Waals surface area contributed by atoms with Crippen LogP contribution in [0.25, 0.3) is 17.8 Å². The minimum Gasteiger partial charge on any atom is -0.495 e. The van der Waals surface area contributed by atoms with Crippen molar-refractivity contribution in [2.24, 2.45) is 0 Å². The fraction of sp³-hybridized carbons (Fsp3) is 0.240. The van der Waals surface area contributed by atoms with E-state index in [2.05, 4.69) is 49.9 Å². The van der Waals surface area contributed by atoms with Crippen molar-refractivity contribution in [1.82, 2.24) is 24.3 Å². The van der Waals surface area contributed by atoms with Gasteiger partial charge < -0.3 is 9.30 Å². The molecule has 0 bridgehead atoms. The van der Waals surface area contributed by atoms with Crippen LogP contribution in [-0.2, 0) is 6.54 Å². The summed E-state index contributed by atoms with van der Waals surface area (Å²) in [4.78, 5) is 9.18. The van der Waals surface area contributed by atoms with Crippen LogP contribution >= 0.6 is 15.9 Å². The molecular weight excluding hydrogens is 466 g/mol. The van der Waals surface area contributed by atoms with E-state index >= 15 is 0 Å². The van der Waals surface area contributed by atoms with Crippen molar-refractivity contribution in [3.8, 4) is 11.4 Å². The van der Waals surface area contributed by atoms with Crippen LogP contribution in [0.4, 0.5) is 0 Å². The molecule has 2 aromatic carbocycles. The van der Waals surface area contributed by atoms with E-state index in [0.29, 0.717) is 0 Å². The van der Waals surface area contributed by atoms with Gasteiger partial charge in [0.05, 0.1) is 24.8 Å². The summed E-state index contributed by atoms with van der Waals surface area (Å²) in [6, 6.07) is 14.5. The van der Waals surface area contributed by atoms with Crippen LogP contribution in [0.1, 0.15) is 47.2 Å². The number of fused-ring (bicyclic) bond motifs is 1. The standard InChI is InChI=1S/C25H24BrN5O/c1-17-15-30(16-27-17)22-11-9-18(14-23(22)32-2)10-12-24-28-25-20(7-5-13-31(25)29-24)19-6-3-4-8-21(19)26/h3-4,6,8-12,14-16,20H,5,7,13H2,1-2H3/b12-10+/t20-/m1/s1. The molecule has 0 saturated heterocycles. The Morgan fingerprint density at radius 3 is 2.81 bits per heavy atom. The normalized spacial score (nSPS) is 15.8. The van der Waals surface area contributed by atoms with Crippen LogP contribution in [-0.4, -0.2) is 31.4 Å². The highest BCUT2D eigenvalue weighted by Gasteiger charge is 2.26. The monoisotopic (exact) mass is 489 g/mol. The second kappa shape index (κ2) is 8.74. The summed E-state index contributed by atoms with van der Waals surface area (Å²) in [7, 11) is 1.68. The fourth-order valence-corrected chi connectivity index (χ4v) is 4.79. The Morgan fingerprint density at radius 1 is 1.16 bits per heavy atom. The number of aryl methyl sites for hydroxylation is 2. The molecule has 1 aliphatic heterocycles. The van der Waals surface area contributed by atoms with Crippen LogP contribution in [0.5, 0.6) is 5.75 Å². The van der Waals surface area contributed by atoms with Crippen molar-refractivity contribution in [1.29, 1.82) is 0 Å². The Bertz CT molecular complexity index is 1290. The molecule has 3 heterocycles. The van der Waals surface area contributed by atoms with Crippen LogP contribution in [0, 0.1) is 6.92 Å². The molecular formula is C25H24BrN5O. The first kappa shape index (κ1) is 20.7. The predicted molar refractivity (Wildman–Crippen MR) is 129 cm³/mol. The van der Waals surface area contributed by atoms with Crippen LogP contribution in [0.15, 0.2) is 59.5 Å². The number of halogens is 1. The molecule has 6 nitrogen and oxygen atoms in total. The minimum absolute atomic E-state index is 0.256. The third-order valence-electron chi connectivity index (χ3n) is 5.79. The first-order chi connectivity index (χ1) is 15.6. The van der Waals surface area contributed by atoms with Crippen molar-refractivity contribution < 1.29 is 4.74 Å². The van der Waals surface area contributed by atoms with Crippen molar-refractivity contribution in [2.45, 2.75) is 32.2 Å². The Balaban J connectivity index is 1.42. The summed E-state index contributed by atoms with van der Waals surface area (Å²) in [5.41, 5.74) is 4.22. The second-order valence-electron chi connectivity index (χ2n) is 7.95. The Morgan fingerprint density at radius 2 is 2.03 bits per heavy atom. The zero-order chi connectivity index (χ0) is 22.1. The summed E-state index contributed by atoms with van der Waals surface area (Å²) in [5.74, 6) is 2.81. The van der Waals surface area contributed by atoms with E-state index in [-0.39, 0.29) is 5.92 Å². The maximum Gasteiger partial charge on any atom is 0.174 e. The molecule has 32 heavy (non-hydrogen) atoms. The van der Waals surface area contributed by atoms with Gasteiger partial charge in [0, 0.05) is 23.1 Å². The summed E-state index contributed by atoms with van der Waals surface area (Å²) < 4.78 is 10.8. The molecule has 0 N–H and O–H groups in total. The Hall–Kier alpha value is -3.19. The van der Waals surface area contributed by atoms with E-state index in [4.69, 9.17) is 14.8 Å². The quantitative estimate of drug-likeness (QED) is 0.364. The number of benzene rings is 2. The summed E-state index contributed by atoms with van der Waals surface area (Å²) in [6.07, 6.45) is 9.95. The number of imidazole rings is 1. The highest BCUT2D eigenvalue weighted by Crippen LogP contribution is 2.36. The lowest BCUT2D eigenvalue weighted by Gasteiger charge is -2.23. The van der Waals surface area contributed by atoms with E-state index in [1.807, 2.05) is 48.0 Å². The van der Waals surface area contributed by atoms with Crippen LogP contribution < -0.4 is 4.74 Å². The average molecular weight is 490 g/mol. The van der Waals surface area contributed by atoms with E-state index in [0.717, 1.165) is 58.2 Å². The smallest absolute Gasteiger partial charge is 0.174 e. The van der Waals surface area contributed by atoms with Crippen molar-refractivity contribution in [2.75, 3.05) is 7.11 Å². The zero-order valence-electron chi connectivity index (χ0n) is 18.1. The lowest BCUT2D eigenvalue weighted by molar-refractivity contribution is 0.413. The topological polar surface area (TPSA) is 57.8 Å². The molecule has 0 fully saturated rings. The number of rotatable bonds is 5. The van der Waals surface area contributed by atoms with E-state index in [9.17, 15) is 0 Å². The van der Waals surface area contributed by atoms with Gasteiger partial charge in [-0.2, -0.15) is 5.10 Å². The van der Waals surface area contributed by atoms with Gasteiger partial charge in [0.25, 0.3) is 0 Å². The molecule has 1 atom stereocenters. The SMILES string of the molecule is COc1cc(/C=C/c2nc3n(n2)CCC[C@@H]3c2ccccc2Br)ccc1-n1cnc(C)c1. The Labute approximate surface area is 195 Å². The first-order valence-corrected chi connectivity index (χ1v) is 11.5. The van der Waals surface area contributed by atoms with E-state index < -0.39 is 0 Å². The maximum atomic E-state index is 5.62. The molecule has 0 saturated carbocycles. The maximum absolute atomic E-state index is 5.62. The Kier molecular flexibility index (Phi) is 5.66. The first-order valence-electron chi connectivity index (χ1n) is 10.7. The molecule has 0 radical (unpaired) electrons. The van der Waals surface area contributed by atoms with E-state index in [1.165, 1.54) is 5.56 Å². The highest BCUT2D eigenvalue weighted by molar-refractivity contribution is 9.10. The van der Waals surface area contributed by atoms with Gasteiger partial charge in [-0.05, 0) is 55.2 Å². The number of ether oxygens (including phenoxy) is 1. The molecule has 0 spiro atoms. The third kappa shape index (κ3) is 4.00. The molecule has 1 aliphatic rings. The van der Waals surface area contributed by atoms with Gasteiger partial charge in [-0.3, -0.25) is 0 Å². The fourth-order valence-electron chi connectivity index (χ4n) is 4.23. The summed E-state index contributed by atoms with van der Waals surface area (Å²) in [5, 5.41) is 4.74. The number of hydrogen-bond acceptors (Lipinski definition) is 4. The van der Waals surface area contributed by atoms with Gasteiger partial charge in [0.1, 0.15) is 11.6 Å².